The zero-order valence-corrected chi connectivity index (χ0v) is 26.1. The SMILES string of the molecule is CC1(C)c2ccc(-c3cccc(-c4ccc5ccc6cccnc6c5n4)c3)cc2-c2cc3c4ccccc4c4cccnc4c3cc21. The summed E-state index contributed by atoms with van der Waals surface area (Å²) in [6.45, 7) is 4.70. The van der Waals surface area contributed by atoms with E-state index in [0.29, 0.717) is 0 Å². The highest BCUT2D eigenvalue weighted by atomic mass is 14.8. The molecular formula is C44H29N3. The number of benzene rings is 6. The second-order valence-electron chi connectivity index (χ2n) is 13.3. The fourth-order valence-electron chi connectivity index (χ4n) is 7.93. The third-order valence-corrected chi connectivity index (χ3v) is 10.3. The Morgan fingerprint density at radius 3 is 1.98 bits per heavy atom. The fraction of sp³-hybridized carbons (Fsp3) is 0.0682. The Balaban J connectivity index is 1.14. The van der Waals surface area contributed by atoms with E-state index in [1.807, 2.05) is 24.5 Å². The standard InChI is InChI=1S/C44H29N3/c1-44(2)38-18-16-29(28-8-5-9-30(22-28)40-19-17-27-15-14-26-10-6-20-45-41(26)42(27)47-40)23-35(38)36-24-34-32-12-4-3-11-31(32)33-13-7-21-46-43(33)37(34)25-39(36)44/h3-25H,1-2H3. The van der Waals surface area contributed by atoms with Crippen molar-refractivity contribution < 1.29 is 0 Å². The largest absolute Gasteiger partial charge is 0.256 e. The summed E-state index contributed by atoms with van der Waals surface area (Å²) < 4.78 is 0. The van der Waals surface area contributed by atoms with E-state index < -0.39 is 0 Å². The van der Waals surface area contributed by atoms with Crippen molar-refractivity contribution in [1.29, 1.82) is 0 Å². The summed E-state index contributed by atoms with van der Waals surface area (Å²) in [6.07, 6.45) is 3.75. The third kappa shape index (κ3) is 3.77. The van der Waals surface area contributed by atoms with Gasteiger partial charge >= 0.3 is 0 Å². The monoisotopic (exact) mass is 599 g/mol. The molecule has 0 radical (unpaired) electrons. The number of rotatable bonds is 2. The van der Waals surface area contributed by atoms with Gasteiger partial charge in [0.2, 0.25) is 0 Å². The highest BCUT2D eigenvalue weighted by Gasteiger charge is 2.36. The average molecular weight is 600 g/mol. The topological polar surface area (TPSA) is 38.7 Å². The average Bonchev–Trinajstić information content (AvgIpc) is 3.35. The van der Waals surface area contributed by atoms with Gasteiger partial charge in [-0.05, 0) is 92.0 Å². The van der Waals surface area contributed by atoms with Crippen LogP contribution in [0.4, 0.5) is 0 Å². The normalized spacial score (nSPS) is 13.5. The molecule has 10 rings (SSSR count). The molecule has 0 bridgehead atoms. The van der Waals surface area contributed by atoms with Gasteiger partial charge in [-0.25, -0.2) is 4.98 Å². The van der Waals surface area contributed by atoms with Crippen molar-refractivity contribution >= 4 is 54.3 Å². The van der Waals surface area contributed by atoms with Crippen LogP contribution in [0.2, 0.25) is 0 Å². The summed E-state index contributed by atoms with van der Waals surface area (Å²) in [5.41, 5.74) is 12.6. The van der Waals surface area contributed by atoms with E-state index in [4.69, 9.17) is 9.97 Å². The van der Waals surface area contributed by atoms with Crippen LogP contribution < -0.4 is 0 Å². The summed E-state index contributed by atoms with van der Waals surface area (Å²) in [4.78, 5) is 14.7. The zero-order chi connectivity index (χ0) is 31.3. The summed E-state index contributed by atoms with van der Waals surface area (Å²) in [7, 11) is 0. The molecule has 0 fully saturated rings. The predicted molar refractivity (Wildman–Crippen MR) is 196 cm³/mol. The van der Waals surface area contributed by atoms with E-state index >= 15 is 0 Å². The molecular weight excluding hydrogens is 571 g/mol. The van der Waals surface area contributed by atoms with Gasteiger partial charge in [-0.3, -0.25) is 9.97 Å². The lowest BCUT2D eigenvalue weighted by Crippen LogP contribution is -2.14. The first-order chi connectivity index (χ1) is 23.0. The second-order valence-corrected chi connectivity index (χ2v) is 13.3. The molecule has 0 spiro atoms. The molecule has 47 heavy (non-hydrogen) atoms. The Morgan fingerprint density at radius 1 is 0.426 bits per heavy atom. The van der Waals surface area contributed by atoms with E-state index in [0.717, 1.165) is 38.6 Å². The Labute approximate surface area is 272 Å². The van der Waals surface area contributed by atoms with E-state index in [-0.39, 0.29) is 5.41 Å². The third-order valence-electron chi connectivity index (χ3n) is 10.3. The highest BCUT2D eigenvalue weighted by molar-refractivity contribution is 6.25. The molecule has 0 unspecified atom stereocenters. The van der Waals surface area contributed by atoms with Gasteiger partial charge in [0.25, 0.3) is 0 Å². The maximum atomic E-state index is 5.12. The first kappa shape index (κ1) is 26.3. The number of aromatic nitrogens is 3. The quantitative estimate of drug-likeness (QED) is 0.186. The first-order valence-corrected chi connectivity index (χ1v) is 16.2. The lowest BCUT2D eigenvalue weighted by atomic mass is 9.81. The van der Waals surface area contributed by atoms with Crippen molar-refractivity contribution in [2.75, 3.05) is 0 Å². The van der Waals surface area contributed by atoms with Crippen molar-refractivity contribution in [2.24, 2.45) is 0 Å². The zero-order valence-electron chi connectivity index (χ0n) is 26.1. The maximum Gasteiger partial charge on any atom is 0.0972 e. The van der Waals surface area contributed by atoms with Crippen molar-refractivity contribution in [2.45, 2.75) is 19.3 Å². The van der Waals surface area contributed by atoms with Gasteiger partial charge < -0.3 is 0 Å². The summed E-state index contributed by atoms with van der Waals surface area (Å²) in [6, 6.07) is 46.2. The fourth-order valence-corrected chi connectivity index (χ4v) is 7.93. The van der Waals surface area contributed by atoms with E-state index in [9.17, 15) is 0 Å². The number of nitrogens with zero attached hydrogens (tertiary/aromatic N) is 3. The number of fused-ring (bicyclic) bond motifs is 12. The van der Waals surface area contributed by atoms with Crippen LogP contribution in [-0.4, -0.2) is 15.0 Å². The smallest absolute Gasteiger partial charge is 0.0972 e. The van der Waals surface area contributed by atoms with Crippen LogP contribution in [0.15, 0.2) is 140 Å². The summed E-state index contributed by atoms with van der Waals surface area (Å²) >= 11 is 0. The van der Waals surface area contributed by atoms with E-state index in [1.165, 1.54) is 60.3 Å². The Hall–Kier alpha value is -5.93. The molecule has 0 N–H and O–H groups in total. The summed E-state index contributed by atoms with van der Waals surface area (Å²) in [5.74, 6) is 0. The van der Waals surface area contributed by atoms with E-state index in [1.54, 1.807) is 0 Å². The second kappa shape index (κ2) is 9.54. The van der Waals surface area contributed by atoms with Crippen LogP contribution in [0, 0.1) is 0 Å². The first-order valence-electron chi connectivity index (χ1n) is 16.2. The molecule has 3 aromatic heterocycles. The minimum Gasteiger partial charge on any atom is -0.256 e. The molecule has 3 nitrogen and oxygen atoms in total. The van der Waals surface area contributed by atoms with Gasteiger partial charge in [-0.1, -0.05) is 98.8 Å². The molecule has 6 aromatic carbocycles. The van der Waals surface area contributed by atoms with Crippen LogP contribution in [0.5, 0.6) is 0 Å². The molecule has 9 aromatic rings. The van der Waals surface area contributed by atoms with Gasteiger partial charge in [0.1, 0.15) is 0 Å². The van der Waals surface area contributed by atoms with Gasteiger partial charge in [-0.2, -0.15) is 0 Å². The van der Waals surface area contributed by atoms with Crippen LogP contribution in [0.3, 0.4) is 0 Å². The van der Waals surface area contributed by atoms with Crippen LogP contribution in [0.1, 0.15) is 25.0 Å². The van der Waals surface area contributed by atoms with Gasteiger partial charge in [0.15, 0.2) is 0 Å². The minimum atomic E-state index is -0.127. The molecule has 0 saturated carbocycles. The Morgan fingerprint density at radius 2 is 1.11 bits per heavy atom. The molecule has 0 aliphatic heterocycles. The number of hydrogen-bond donors (Lipinski definition) is 0. The molecule has 0 saturated heterocycles. The lowest BCUT2D eigenvalue weighted by molar-refractivity contribution is 0.661. The molecule has 3 heteroatoms. The van der Waals surface area contributed by atoms with Crippen molar-refractivity contribution in [3.05, 3.63) is 151 Å². The maximum absolute atomic E-state index is 5.12. The Kier molecular flexibility index (Phi) is 5.34. The van der Waals surface area contributed by atoms with E-state index in [2.05, 4.69) is 134 Å². The molecule has 1 aliphatic rings. The molecule has 220 valence electrons. The van der Waals surface area contributed by atoms with Crippen molar-refractivity contribution in [3.63, 3.8) is 0 Å². The molecule has 3 heterocycles. The summed E-state index contributed by atoms with van der Waals surface area (Å²) in [5, 5.41) is 8.40. The highest BCUT2D eigenvalue weighted by Crippen LogP contribution is 2.52. The lowest BCUT2D eigenvalue weighted by Gasteiger charge is -2.22. The number of hydrogen-bond acceptors (Lipinski definition) is 3. The number of pyridine rings is 3. The van der Waals surface area contributed by atoms with Gasteiger partial charge in [0.05, 0.1) is 22.2 Å². The van der Waals surface area contributed by atoms with Crippen LogP contribution in [0.25, 0.3) is 87.8 Å². The van der Waals surface area contributed by atoms with Gasteiger partial charge in [-0.15, -0.1) is 0 Å². The van der Waals surface area contributed by atoms with Crippen molar-refractivity contribution in [1.82, 2.24) is 15.0 Å². The van der Waals surface area contributed by atoms with Crippen LogP contribution in [-0.2, 0) is 5.41 Å². The Bertz CT molecular complexity index is 2770. The molecule has 0 atom stereocenters. The van der Waals surface area contributed by atoms with Crippen LogP contribution >= 0.6 is 0 Å². The minimum absolute atomic E-state index is 0.127. The van der Waals surface area contributed by atoms with Crippen molar-refractivity contribution in [3.8, 4) is 33.5 Å². The molecule has 0 amide bonds. The molecule has 1 aliphatic carbocycles. The van der Waals surface area contributed by atoms with Gasteiger partial charge in [0, 0.05) is 44.9 Å². The predicted octanol–water partition coefficient (Wildman–Crippen LogP) is 11.3.